The largest absolute Gasteiger partial charge is 0.504 e. The Balaban J connectivity index is 1.93. The first-order chi connectivity index (χ1) is 11.6. The summed E-state index contributed by atoms with van der Waals surface area (Å²) in [5.74, 6) is 0.442. The van der Waals surface area contributed by atoms with Crippen LogP contribution < -0.4 is 9.47 Å². The molecule has 2 aromatic rings. The summed E-state index contributed by atoms with van der Waals surface area (Å²) in [6.45, 7) is -0.292. The van der Waals surface area contributed by atoms with Gasteiger partial charge in [-0.2, -0.15) is 0 Å². The van der Waals surface area contributed by atoms with Crippen LogP contribution in [0.5, 0.6) is 23.0 Å². The highest BCUT2D eigenvalue weighted by atomic mass is 16.6. The summed E-state index contributed by atoms with van der Waals surface area (Å²) in [5, 5.41) is 28.7. The molecule has 3 N–H and O–H groups in total. The lowest BCUT2D eigenvalue weighted by Crippen LogP contribution is -2.36. The molecule has 2 aromatic carbocycles. The molecule has 0 amide bonds. The smallest absolute Gasteiger partial charge is 0.163 e. The van der Waals surface area contributed by atoms with Crippen LogP contribution in [0.3, 0.4) is 0 Å². The number of hydrogen-bond donors (Lipinski definition) is 3. The molecule has 0 fully saturated rings. The molecule has 6 nitrogen and oxygen atoms in total. The molecular formula is C18H16O6. The van der Waals surface area contributed by atoms with E-state index in [1.54, 1.807) is 30.3 Å². The van der Waals surface area contributed by atoms with E-state index in [4.69, 9.17) is 9.47 Å². The molecular weight excluding hydrogens is 312 g/mol. The molecule has 2 atom stereocenters. The molecule has 0 saturated carbocycles. The first-order valence-electron chi connectivity index (χ1n) is 7.34. The Hall–Kier alpha value is -2.99. The standard InChI is InChI=1S/C18H16O6/c19-7-1-2-11-3-6-15-16(8-11)23-17(10-20)18(24-15)12-4-5-13(21)14(22)9-12/h1-9,17-18,20-22H,10H2/b2-1-. The van der Waals surface area contributed by atoms with Gasteiger partial charge in [0.25, 0.3) is 0 Å². The molecule has 1 aliphatic heterocycles. The van der Waals surface area contributed by atoms with Crippen molar-refractivity contribution in [2.45, 2.75) is 12.2 Å². The SMILES string of the molecule is O=C/C=C\c1ccc2c(c1)OC(CO)C(c1ccc(O)c(O)c1)O2. The number of aliphatic hydroxyl groups excluding tert-OH is 1. The van der Waals surface area contributed by atoms with Gasteiger partial charge in [-0.05, 0) is 35.9 Å². The number of ether oxygens (including phenoxy) is 2. The zero-order valence-electron chi connectivity index (χ0n) is 12.6. The van der Waals surface area contributed by atoms with Crippen molar-refractivity contribution in [3.63, 3.8) is 0 Å². The van der Waals surface area contributed by atoms with Crippen molar-refractivity contribution in [1.82, 2.24) is 0 Å². The van der Waals surface area contributed by atoms with Gasteiger partial charge >= 0.3 is 0 Å². The van der Waals surface area contributed by atoms with E-state index in [1.807, 2.05) is 0 Å². The molecule has 0 radical (unpaired) electrons. The summed E-state index contributed by atoms with van der Waals surface area (Å²) in [6.07, 6.45) is 2.38. The summed E-state index contributed by atoms with van der Waals surface area (Å²) in [7, 11) is 0. The molecule has 0 aliphatic carbocycles. The van der Waals surface area contributed by atoms with Gasteiger partial charge in [-0.25, -0.2) is 0 Å². The number of allylic oxidation sites excluding steroid dienone is 1. The quantitative estimate of drug-likeness (QED) is 0.452. The van der Waals surface area contributed by atoms with Crippen molar-refractivity contribution < 1.29 is 29.6 Å². The zero-order valence-corrected chi connectivity index (χ0v) is 12.6. The van der Waals surface area contributed by atoms with E-state index < -0.39 is 12.2 Å². The minimum Gasteiger partial charge on any atom is -0.504 e. The van der Waals surface area contributed by atoms with Crippen LogP contribution in [0.1, 0.15) is 17.2 Å². The molecule has 3 rings (SSSR count). The van der Waals surface area contributed by atoms with Crippen LogP contribution in [0.15, 0.2) is 42.5 Å². The monoisotopic (exact) mass is 328 g/mol. The maximum absolute atomic E-state index is 10.4. The van der Waals surface area contributed by atoms with Gasteiger partial charge in [0.1, 0.15) is 6.29 Å². The summed E-state index contributed by atoms with van der Waals surface area (Å²) in [6, 6.07) is 9.51. The number of phenols is 2. The molecule has 0 spiro atoms. The lowest BCUT2D eigenvalue weighted by atomic mass is 10.0. The van der Waals surface area contributed by atoms with Crippen molar-refractivity contribution in [2.75, 3.05) is 6.61 Å². The fraction of sp³-hybridized carbons (Fsp3) is 0.167. The number of carbonyl (C=O) groups is 1. The highest BCUT2D eigenvalue weighted by molar-refractivity contribution is 5.74. The molecule has 0 saturated heterocycles. The third-order valence-electron chi connectivity index (χ3n) is 3.71. The highest BCUT2D eigenvalue weighted by Crippen LogP contribution is 2.41. The minimum absolute atomic E-state index is 0.233. The predicted molar refractivity (Wildman–Crippen MR) is 86.2 cm³/mol. The second-order valence-electron chi connectivity index (χ2n) is 5.33. The van der Waals surface area contributed by atoms with E-state index >= 15 is 0 Å². The number of benzene rings is 2. The maximum Gasteiger partial charge on any atom is 0.163 e. The van der Waals surface area contributed by atoms with Crippen LogP contribution >= 0.6 is 0 Å². The van der Waals surface area contributed by atoms with Gasteiger partial charge in [0.15, 0.2) is 35.2 Å². The predicted octanol–water partition coefficient (Wildman–Crippen LogP) is 2.18. The van der Waals surface area contributed by atoms with Crippen LogP contribution in [0.2, 0.25) is 0 Å². The molecule has 2 unspecified atom stereocenters. The summed E-state index contributed by atoms with van der Waals surface area (Å²) in [4.78, 5) is 10.4. The first-order valence-corrected chi connectivity index (χ1v) is 7.34. The zero-order chi connectivity index (χ0) is 17.1. The molecule has 6 heteroatoms. The normalized spacial score (nSPS) is 19.4. The van der Waals surface area contributed by atoms with Crippen LogP contribution in [0.25, 0.3) is 6.08 Å². The van der Waals surface area contributed by atoms with Crippen LogP contribution in [-0.4, -0.2) is 34.3 Å². The lowest BCUT2D eigenvalue weighted by Gasteiger charge is -2.33. The van der Waals surface area contributed by atoms with Crippen LogP contribution in [0, 0.1) is 0 Å². The number of aromatic hydroxyl groups is 2. The van der Waals surface area contributed by atoms with Crippen molar-refractivity contribution in [1.29, 1.82) is 0 Å². The Labute approximate surface area is 138 Å². The van der Waals surface area contributed by atoms with Gasteiger partial charge in [-0.15, -0.1) is 0 Å². The molecule has 0 bridgehead atoms. The van der Waals surface area contributed by atoms with E-state index in [0.29, 0.717) is 23.3 Å². The van der Waals surface area contributed by atoms with E-state index in [9.17, 15) is 20.1 Å². The number of carbonyl (C=O) groups excluding carboxylic acids is 1. The van der Waals surface area contributed by atoms with Crippen molar-refractivity contribution in [2.24, 2.45) is 0 Å². The second kappa shape index (κ2) is 6.64. The van der Waals surface area contributed by atoms with Gasteiger partial charge in [0.2, 0.25) is 0 Å². The Bertz CT molecular complexity index is 783. The maximum atomic E-state index is 10.4. The molecule has 1 heterocycles. The molecule has 124 valence electrons. The first kappa shape index (κ1) is 15.9. The molecule has 0 aromatic heterocycles. The number of phenolic OH excluding ortho intramolecular Hbond substituents is 2. The van der Waals surface area contributed by atoms with Crippen LogP contribution in [-0.2, 0) is 4.79 Å². The Kier molecular flexibility index (Phi) is 4.39. The highest BCUT2D eigenvalue weighted by Gasteiger charge is 2.33. The number of aliphatic hydroxyl groups is 1. The van der Waals surface area contributed by atoms with Gasteiger partial charge in [0.05, 0.1) is 6.61 Å². The Morgan fingerprint density at radius 1 is 1.00 bits per heavy atom. The Morgan fingerprint density at radius 3 is 2.54 bits per heavy atom. The minimum atomic E-state index is -0.674. The average molecular weight is 328 g/mol. The van der Waals surface area contributed by atoms with Crippen molar-refractivity contribution in [3.05, 3.63) is 53.6 Å². The fourth-order valence-corrected chi connectivity index (χ4v) is 2.54. The Morgan fingerprint density at radius 2 is 1.83 bits per heavy atom. The van der Waals surface area contributed by atoms with E-state index in [-0.39, 0.29) is 18.1 Å². The van der Waals surface area contributed by atoms with Crippen LogP contribution in [0.4, 0.5) is 0 Å². The van der Waals surface area contributed by atoms with Crippen molar-refractivity contribution in [3.8, 4) is 23.0 Å². The summed E-state index contributed by atoms with van der Waals surface area (Å²) >= 11 is 0. The molecule has 24 heavy (non-hydrogen) atoms. The number of aldehydes is 1. The fourth-order valence-electron chi connectivity index (χ4n) is 2.54. The summed E-state index contributed by atoms with van der Waals surface area (Å²) in [5.41, 5.74) is 1.33. The number of rotatable bonds is 4. The van der Waals surface area contributed by atoms with Gasteiger partial charge in [-0.1, -0.05) is 18.2 Å². The summed E-state index contributed by atoms with van der Waals surface area (Å²) < 4.78 is 11.7. The lowest BCUT2D eigenvalue weighted by molar-refractivity contribution is -0.104. The van der Waals surface area contributed by atoms with Gasteiger partial charge in [-0.3, -0.25) is 4.79 Å². The van der Waals surface area contributed by atoms with E-state index in [1.165, 1.54) is 18.2 Å². The number of hydrogen-bond acceptors (Lipinski definition) is 6. The topological polar surface area (TPSA) is 96.2 Å². The third kappa shape index (κ3) is 3.04. The average Bonchev–Trinajstić information content (AvgIpc) is 2.61. The van der Waals surface area contributed by atoms with E-state index in [2.05, 4.69) is 0 Å². The van der Waals surface area contributed by atoms with E-state index in [0.717, 1.165) is 5.56 Å². The third-order valence-corrected chi connectivity index (χ3v) is 3.71. The van der Waals surface area contributed by atoms with Gasteiger partial charge < -0.3 is 24.8 Å². The second-order valence-corrected chi connectivity index (χ2v) is 5.33. The number of fused-ring (bicyclic) bond motifs is 1. The van der Waals surface area contributed by atoms with Gasteiger partial charge in [0, 0.05) is 5.56 Å². The molecule has 1 aliphatic rings. The van der Waals surface area contributed by atoms with Crippen molar-refractivity contribution >= 4 is 12.4 Å².